The third kappa shape index (κ3) is 2.55. The molecule has 110 valence electrons. The maximum atomic E-state index is 11.8. The first-order valence-electron chi connectivity index (χ1n) is 7.68. The fourth-order valence-electron chi connectivity index (χ4n) is 3.47. The molecule has 1 fully saturated rings. The summed E-state index contributed by atoms with van der Waals surface area (Å²) in [6, 6.07) is 10.7. The Morgan fingerprint density at radius 1 is 1.14 bits per heavy atom. The number of carbonyl (C=O) groups excluding carboxylic acids is 1. The van der Waals surface area contributed by atoms with E-state index in [-0.39, 0.29) is 11.2 Å². The Balaban J connectivity index is 2.12. The molecule has 0 N–H and O–H groups in total. The molecule has 0 atom stereocenters. The molecule has 1 aromatic carbocycles. The Morgan fingerprint density at radius 3 is 2.38 bits per heavy atom. The molecule has 3 heteroatoms. The van der Waals surface area contributed by atoms with Crippen LogP contribution in [0.1, 0.15) is 65.0 Å². The fraction of sp³-hybridized carbons (Fsp3) is 0.444. The van der Waals surface area contributed by atoms with Gasteiger partial charge >= 0.3 is 0 Å². The van der Waals surface area contributed by atoms with Crippen LogP contribution in [0.4, 0.5) is 0 Å². The van der Waals surface area contributed by atoms with Crippen LogP contribution in [0.5, 0.6) is 0 Å². The van der Waals surface area contributed by atoms with Gasteiger partial charge in [-0.05, 0) is 25.3 Å². The van der Waals surface area contributed by atoms with Gasteiger partial charge in [0.25, 0.3) is 0 Å². The van der Waals surface area contributed by atoms with Crippen LogP contribution in [0.2, 0.25) is 0 Å². The average molecular weight is 299 g/mol. The molecule has 0 aliphatic heterocycles. The van der Waals surface area contributed by atoms with Crippen molar-refractivity contribution in [2.75, 3.05) is 0 Å². The molecule has 1 aliphatic rings. The molecular formula is C18H21NOS. The van der Waals surface area contributed by atoms with Gasteiger partial charge in [0.05, 0.1) is 10.6 Å². The average Bonchev–Trinajstić information content (AvgIpc) is 2.91. The van der Waals surface area contributed by atoms with Crippen LogP contribution in [-0.2, 0) is 5.41 Å². The Morgan fingerprint density at radius 2 is 1.81 bits per heavy atom. The van der Waals surface area contributed by atoms with Gasteiger partial charge in [-0.3, -0.25) is 4.79 Å². The molecule has 1 heterocycles. The van der Waals surface area contributed by atoms with Crippen LogP contribution in [-0.4, -0.2) is 10.8 Å². The van der Waals surface area contributed by atoms with Crippen molar-refractivity contribution in [3.63, 3.8) is 0 Å². The van der Waals surface area contributed by atoms with Crippen molar-refractivity contribution in [1.29, 1.82) is 0 Å². The van der Waals surface area contributed by atoms with Gasteiger partial charge in [0.2, 0.25) is 0 Å². The molecule has 0 radical (unpaired) electrons. The van der Waals surface area contributed by atoms with Crippen molar-refractivity contribution in [3.05, 3.63) is 51.5 Å². The molecule has 21 heavy (non-hydrogen) atoms. The number of thiazole rings is 1. The quantitative estimate of drug-likeness (QED) is 0.754. The van der Waals surface area contributed by atoms with Crippen LogP contribution in [0, 0.1) is 6.92 Å². The Kier molecular flexibility index (Phi) is 3.94. The minimum absolute atomic E-state index is 0.0165. The summed E-state index contributed by atoms with van der Waals surface area (Å²) in [7, 11) is 0. The molecular weight excluding hydrogens is 278 g/mol. The number of Topliss-reactive ketones (excluding diaryl/α,β-unsaturated/α-hetero) is 1. The zero-order chi connectivity index (χ0) is 14.9. The molecule has 0 saturated heterocycles. The predicted molar refractivity (Wildman–Crippen MR) is 87.2 cm³/mol. The summed E-state index contributed by atoms with van der Waals surface area (Å²) >= 11 is 1.61. The lowest BCUT2D eigenvalue weighted by Crippen LogP contribution is -2.30. The number of hydrogen-bond donors (Lipinski definition) is 0. The number of aryl methyl sites for hydroxylation is 1. The molecule has 0 amide bonds. The number of benzene rings is 1. The summed E-state index contributed by atoms with van der Waals surface area (Å²) in [6.45, 7) is 3.60. The molecule has 0 unspecified atom stereocenters. The van der Waals surface area contributed by atoms with E-state index in [0.717, 1.165) is 28.4 Å². The summed E-state index contributed by atoms with van der Waals surface area (Å²) in [6.07, 6.45) is 6.06. The second-order valence-electron chi connectivity index (χ2n) is 6.00. The second kappa shape index (κ2) is 5.72. The molecule has 1 aliphatic carbocycles. The fourth-order valence-corrected chi connectivity index (χ4v) is 4.70. The minimum Gasteiger partial charge on any atom is -0.294 e. The highest BCUT2D eigenvalue weighted by atomic mass is 32.1. The summed E-state index contributed by atoms with van der Waals surface area (Å²) in [5.74, 6) is 0.135. The first kappa shape index (κ1) is 14.5. The predicted octanol–water partition coefficient (Wildman–Crippen LogP) is 4.90. The lowest BCUT2D eigenvalue weighted by Gasteiger charge is -2.36. The van der Waals surface area contributed by atoms with Gasteiger partial charge < -0.3 is 0 Å². The van der Waals surface area contributed by atoms with E-state index >= 15 is 0 Å². The van der Waals surface area contributed by atoms with Crippen molar-refractivity contribution >= 4 is 17.1 Å². The number of aromatic nitrogens is 1. The highest BCUT2D eigenvalue weighted by molar-refractivity contribution is 7.14. The lowest BCUT2D eigenvalue weighted by molar-refractivity contribution is 0.102. The number of carbonyl (C=O) groups is 1. The van der Waals surface area contributed by atoms with Crippen molar-refractivity contribution in [2.24, 2.45) is 0 Å². The van der Waals surface area contributed by atoms with Crippen molar-refractivity contribution in [1.82, 2.24) is 4.98 Å². The molecule has 2 nitrogen and oxygen atoms in total. The molecule has 0 bridgehead atoms. The van der Waals surface area contributed by atoms with Gasteiger partial charge in [0, 0.05) is 12.3 Å². The van der Waals surface area contributed by atoms with E-state index in [1.54, 1.807) is 18.3 Å². The zero-order valence-electron chi connectivity index (χ0n) is 12.7. The third-order valence-corrected chi connectivity index (χ3v) is 6.02. The van der Waals surface area contributed by atoms with E-state index < -0.39 is 0 Å². The van der Waals surface area contributed by atoms with E-state index in [1.807, 2.05) is 6.92 Å². The first-order valence-corrected chi connectivity index (χ1v) is 8.49. The standard InChI is InChI=1S/C18H21NOS/c1-13-16(14(2)20)21-17(19-13)18(11-7-4-8-12-18)15-9-5-3-6-10-15/h3,5-6,9-10H,4,7-8,11-12H2,1-2H3. The number of nitrogens with zero attached hydrogens (tertiary/aromatic N) is 1. The molecule has 2 aromatic rings. The summed E-state index contributed by atoms with van der Waals surface area (Å²) in [5, 5.41) is 1.14. The Labute approximate surface area is 130 Å². The maximum absolute atomic E-state index is 11.8. The van der Waals surface area contributed by atoms with Crippen molar-refractivity contribution < 1.29 is 4.79 Å². The third-order valence-electron chi connectivity index (χ3n) is 4.56. The lowest BCUT2D eigenvalue weighted by atomic mass is 9.70. The van der Waals surface area contributed by atoms with Crippen LogP contribution in [0.25, 0.3) is 0 Å². The largest absolute Gasteiger partial charge is 0.294 e. The van der Waals surface area contributed by atoms with Gasteiger partial charge in [0.15, 0.2) is 5.78 Å². The van der Waals surface area contributed by atoms with Crippen molar-refractivity contribution in [3.8, 4) is 0 Å². The summed E-state index contributed by atoms with van der Waals surface area (Å²) in [4.78, 5) is 17.4. The smallest absolute Gasteiger partial charge is 0.171 e. The van der Waals surface area contributed by atoms with Crippen LogP contribution < -0.4 is 0 Å². The molecule has 0 spiro atoms. The SMILES string of the molecule is CC(=O)c1sc(C2(c3ccccc3)CCCCC2)nc1C. The van der Waals surface area contributed by atoms with Crippen molar-refractivity contribution in [2.45, 2.75) is 51.4 Å². The van der Waals surface area contributed by atoms with Crippen LogP contribution in [0.15, 0.2) is 30.3 Å². The monoisotopic (exact) mass is 299 g/mol. The van der Waals surface area contributed by atoms with E-state index in [1.165, 1.54) is 24.8 Å². The summed E-state index contributed by atoms with van der Waals surface area (Å²) < 4.78 is 0. The zero-order valence-corrected chi connectivity index (χ0v) is 13.5. The molecule has 1 aromatic heterocycles. The topological polar surface area (TPSA) is 30.0 Å². The second-order valence-corrected chi connectivity index (χ2v) is 7.00. The van der Waals surface area contributed by atoms with Gasteiger partial charge in [-0.1, -0.05) is 49.6 Å². The minimum atomic E-state index is 0.0165. The Bertz CT molecular complexity index is 638. The van der Waals surface area contributed by atoms with Gasteiger partial charge in [-0.2, -0.15) is 0 Å². The van der Waals surface area contributed by atoms with E-state index in [0.29, 0.717) is 0 Å². The number of rotatable bonds is 3. The van der Waals surface area contributed by atoms with E-state index in [4.69, 9.17) is 4.98 Å². The number of hydrogen-bond acceptors (Lipinski definition) is 3. The normalized spacial score (nSPS) is 17.6. The van der Waals surface area contributed by atoms with E-state index in [9.17, 15) is 4.79 Å². The molecule has 1 saturated carbocycles. The Hall–Kier alpha value is -1.48. The first-order chi connectivity index (χ1) is 10.1. The number of ketones is 1. The van der Waals surface area contributed by atoms with Gasteiger partial charge in [-0.25, -0.2) is 4.98 Å². The highest BCUT2D eigenvalue weighted by Crippen LogP contribution is 2.46. The molecule has 3 rings (SSSR count). The van der Waals surface area contributed by atoms with Gasteiger partial charge in [-0.15, -0.1) is 11.3 Å². The summed E-state index contributed by atoms with van der Waals surface area (Å²) in [5.41, 5.74) is 2.26. The maximum Gasteiger partial charge on any atom is 0.171 e. The van der Waals surface area contributed by atoms with Gasteiger partial charge in [0.1, 0.15) is 5.01 Å². The van der Waals surface area contributed by atoms with Crippen LogP contribution in [0.3, 0.4) is 0 Å². The van der Waals surface area contributed by atoms with E-state index in [2.05, 4.69) is 30.3 Å². The highest BCUT2D eigenvalue weighted by Gasteiger charge is 2.39. The van der Waals surface area contributed by atoms with Crippen LogP contribution >= 0.6 is 11.3 Å².